The van der Waals surface area contributed by atoms with E-state index in [0.717, 1.165) is 10.0 Å². The molecule has 4 nitrogen and oxygen atoms in total. The summed E-state index contributed by atoms with van der Waals surface area (Å²) in [6.45, 7) is 1.75. The lowest BCUT2D eigenvalue weighted by Crippen LogP contribution is -2.15. The van der Waals surface area contributed by atoms with E-state index in [4.69, 9.17) is 10.8 Å². The number of carbonyl (C=O) groups excluding carboxylic acids is 1. The fourth-order valence-corrected chi connectivity index (χ4v) is 1.37. The van der Waals surface area contributed by atoms with Gasteiger partial charge in [-0.2, -0.15) is 0 Å². The number of benzene rings is 1. The number of carbonyl (C=O) groups is 2. The first-order valence-electron chi connectivity index (χ1n) is 3.76. The third-order valence-corrected chi connectivity index (χ3v) is 2.62. The molecule has 0 fully saturated rings. The number of rotatable bonds is 2. The van der Waals surface area contributed by atoms with Crippen molar-refractivity contribution in [2.75, 3.05) is 5.73 Å². The van der Waals surface area contributed by atoms with Gasteiger partial charge in [-0.1, -0.05) is 15.9 Å². The minimum atomic E-state index is -1.50. The van der Waals surface area contributed by atoms with Crippen molar-refractivity contribution in [2.45, 2.75) is 6.92 Å². The van der Waals surface area contributed by atoms with E-state index in [1.807, 2.05) is 0 Å². The molecule has 0 aromatic heterocycles. The number of hydrogen-bond donors (Lipinski definition) is 2. The monoisotopic (exact) mass is 257 g/mol. The first-order valence-corrected chi connectivity index (χ1v) is 4.56. The zero-order valence-electron chi connectivity index (χ0n) is 7.37. The number of ketones is 1. The molecule has 0 unspecified atom stereocenters. The largest absolute Gasteiger partial charge is 0.475 e. The smallest absolute Gasteiger partial charge is 0.377 e. The summed E-state index contributed by atoms with van der Waals surface area (Å²) < 4.78 is 0.747. The maximum atomic E-state index is 11.1. The molecule has 0 aliphatic heterocycles. The van der Waals surface area contributed by atoms with Gasteiger partial charge in [-0.3, -0.25) is 4.79 Å². The molecule has 0 aliphatic rings. The second-order valence-electron chi connectivity index (χ2n) is 2.82. The van der Waals surface area contributed by atoms with Gasteiger partial charge in [0.15, 0.2) is 0 Å². The number of aryl methyl sites for hydroxylation is 1. The Labute approximate surface area is 88.9 Å². The third kappa shape index (κ3) is 1.93. The standard InChI is InChI=1S/C9H8BrNO3/c1-4-2-5(8(12)9(13)14)7(11)3-6(4)10/h2-3H,11H2,1H3,(H,13,14). The molecule has 5 heteroatoms. The van der Waals surface area contributed by atoms with Crippen molar-refractivity contribution in [3.8, 4) is 0 Å². The highest BCUT2D eigenvalue weighted by molar-refractivity contribution is 9.10. The minimum Gasteiger partial charge on any atom is -0.475 e. The number of carboxylic acid groups (broad SMARTS) is 1. The van der Waals surface area contributed by atoms with Crippen LogP contribution in [-0.4, -0.2) is 16.9 Å². The number of aliphatic carboxylic acids is 1. The Morgan fingerprint density at radius 1 is 1.43 bits per heavy atom. The number of hydrogen-bond acceptors (Lipinski definition) is 3. The molecular weight excluding hydrogens is 250 g/mol. The van der Waals surface area contributed by atoms with Gasteiger partial charge in [0.2, 0.25) is 0 Å². The second-order valence-corrected chi connectivity index (χ2v) is 3.68. The molecule has 0 atom stereocenters. The molecule has 0 saturated carbocycles. The van der Waals surface area contributed by atoms with E-state index in [1.54, 1.807) is 6.92 Å². The summed E-state index contributed by atoms with van der Waals surface area (Å²) in [5.74, 6) is -2.49. The average Bonchev–Trinajstić information content (AvgIpc) is 2.10. The van der Waals surface area contributed by atoms with Gasteiger partial charge in [-0.15, -0.1) is 0 Å². The fourth-order valence-electron chi connectivity index (χ4n) is 1.01. The van der Waals surface area contributed by atoms with Crippen LogP contribution < -0.4 is 5.73 Å². The lowest BCUT2D eigenvalue weighted by Gasteiger charge is -2.05. The molecule has 0 saturated heterocycles. The number of carboxylic acids is 1. The van der Waals surface area contributed by atoms with Crippen molar-refractivity contribution in [1.82, 2.24) is 0 Å². The summed E-state index contributed by atoms with van der Waals surface area (Å²) in [6.07, 6.45) is 0. The Balaban J connectivity index is 3.29. The van der Waals surface area contributed by atoms with Gasteiger partial charge in [0.05, 0.1) is 5.56 Å². The summed E-state index contributed by atoms with van der Waals surface area (Å²) in [5.41, 5.74) is 6.47. The van der Waals surface area contributed by atoms with Gasteiger partial charge in [0.1, 0.15) is 0 Å². The van der Waals surface area contributed by atoms with Crippen LogP contribution in [-0.2, 0) is 4.79 Å². The van der Waals surface area contributed by atoms with Crippen LogP contribution in [0.3, 0.4) is 0 Å². The normalized spacial score (nSPS) is 9.86. The number of nitrogens with two attached hydrogens (primary N) is 1. The summed E-state index contributed by atoms with van der Waals surface area (Å²) in [4.78, 5) is 21.6. The quantitative estimate of drug-likeness (QED) is 0.479. The fraction of sp³-hybridized carbons (Fsp3) is 0.111. The van der Waals surface area contributed by atoms with E-state index < -0.39 is 11.8 Å². The predicted octanol–water partition coefficient (Wildman–Crippen LogP) is 1.61. The van der Waals surface area contributed by atoms with Crippen LogP contribution in [0.2, 0.25) is 0 Å². The van der Waals surface area contributed by atoms with Crippen molar-refractivity contribution in [3.05, 3.63) is 27.7 Å². The summed E-state index contributed by atoms with van der Waals surface area (Å²) >= 11 is 3.23. The topological polar surface area (TPSA) is 80.4 Å². The van der Waals surface area contributed by atoms with Gasteiger partial charge >= 0.3 is 5.97 Å². The van der Waals surface area contributed by atoms with Gasteiger partial charge in [0.25, 0.3) is 5.78 Å². The molecule has 1 rings (SSSR count). The second kappa shape index (κ2) is 3.79. The molecular formula is C9H8BrNO3. The van der Waals surface area contributed by atoms with Crippen LogP contribution in [0.1, 0.15) is 15.9 Å². The van der Waals surface area contributed by atoms with E-state index in [2.05, 4.69) is 15.9 Å². The van der Waals surface area contributed by atoms with Gasteiger partial charge < -0.3 is 10.8 Å². The molecule has 3 N–H and O–H groups in total. The minimum absolute atomic E-state index is 0.0261. The molecule has 0 aliphatic carbocycles. The molecule has 74 valence electrons. The highest BCUT2D eigenvalue weighted by Gasteiger charge is 2.18. The van der Waals surface area contributed by atoms with E-state index in [0.29, 0.717) is 0 Å². The first kappa shape index (κ1) is 10.7. The van der Waals surface area contributed by atoms with Crippen molar-refractivity contribution >= 4 is 33.4 Å². The lowest BCUT2D eigenvalue weighted by molar-refractivity contribution is -0.131. The average molecular weight is 258 g/mol. The van der Waals surface area contributed by atoms with Gasteiger partial charge in [-0.05, 0) is 24.6 Å². The Bertz CT molecular complexity index is 415. The third-order valence-electron chi connectivity index (χ3n) is 1.77. The van der Waals surface area contributed by atoms with Crippen LogP contribution in [0.25, 0.3) is 0 Å². The highest BCUT2D eigenvalue weighted by atomic mass is 79.9. The van der Waals surface area contributed by atoms with Crippen LogP contribution in [0.15, 0.2) is 16.6 Å². The summed E-state index contributed by atoms with van der Waals surface area (Å²) in [7, 11) is 0. The van der Waals surface area contributed by atoms with Crippen molar-refractivity contribution in [3.63, 3.8) is 0 Å². The summed E-state index contributed by atoms with van der Waals surface area (Å²) in [5, 5.41) is 8.50. The highest BCUT2D eigenvalue weighted by Crippen LogP contribution is 2.23. The van der Waals surface area contributed by atoms with Gasteiger partial charge in [-0.25, -0.2) is 4.79 Å². The maximum absolute atomic E-state index is 11.1. The van der Waals surface area contributed by atoms with Gasteiger partial charge in [0, 0.05) is 10.2 Å². The lowest BCUT2D eigenvalue weighted by atomic mass is 10.1. The number of nitrogen functional groups attached to an aromatic ring is 1. The zero-order valence-corrected chi connectivity index (χ0v) is 8.96. The van der Waals surface area contributed by atoms with E-state index in [1.165, 1.54) is 12.1 Å². The van der Waals surface area contributed by atoms with E-state index in [9.17, 15) is 9.59 Å². The van der Waals surface area contributed by atoms with E-state index >= 15 is 0 Å². The number of Topliss-reactive ketones (excluding diaryl/α,β-unsaturated/α-hetero) is 1. The molecule has 0 heterocycles. The Morgan fingerprint density at radius 3 is 2.50 bits per heavy atom. The zero-order chi connectivity index (χ0) is 10.9. The van der Waals surface area contributed by atoms with Crippen molar-refractivity contribution in [1.29, 1.82) is 0 Å². The Hall–Kier alpha value is -1.36. The SMILES string of the molecule is Cc1cc(C(=O)C(=O)O)c(N)cc1Br. The van der Waals surface area contributed by atoms with Crippen LogP contribution in [0.5, 0.6) is 0 Å². The first-order chi connectivity index (χ1) is 6.43. The molecule has 1 aromatic rings. The molecule has 0 bridgehead atoms. The Kier molecular flexibility index (Phi) is 2.90. The Morgan fingerprint density at radius 2 is 2.00 bits per heavy atom. The van der Waals surface area contributed by atoms with Crippen molar-refractivity contribution in [2.24, 2.45) is 0 Å². The molecule has 14 heavy (non-hydrogen) atoms. The molecule has 1 aromatic carbocycles. The van der Waals surface area contributed by atoms with Crippen LogP contribution in [0, 0.1) is 6.92 Å². The van der Waals surface area contributed by atoms with Crippen LogP contribution >= 0.6 is 15.9 Å². The molecule has 0 amide bonds. The number of anilines is 1. The van der Waals surface area contributed by atoms with Crippen molar-refractivity contribution < 1.29 is 14.7 Å². The molecule has 0 spiro atoms. The summed E-state index contributed by atoms with van der Waals surface area (Å²) in [6, 6.07) is 2.97. The maximum Gasteiger partial charge on any atom is 0.377 e. The van der Waals surface area contributed by atoms with E-state index in [-0.39, 0.29) is 11.3 Å². The molecule has 0 radical (unpaired) electrons. The number of halogens is 1. The predicted molar refractivity (Wildman–Crippen MR) is 55.3 cm³/mol. The van der Waals surface area contributed by atoms with Crippen LogP contribution in [0.4, 0.5) is 5.69 Å².